The Kier molecular flexibility index (Phi) is 6.06. The summed E-state index contributed by atoms with van der Waals surface area (Å²) in [5, 5.41) is 6.08. The molecule has 0 spiro atoms. The molecule has 142 valence electrons. The number of aryl methyl sites for hydroxylation is 1. The molecule has 6 heteroatoms. The second kappa shape index (κ2) is 8.67. The first-order valence-electron chi connectivity index (χ1n) is 8.63. The van der Waals surface area contributed by atoms with Crippen LogP contribution in [0.4, 0.5) is 10.1 Å². The van der Waals surface area contributed by atoms with Crippen LogP contribution in [0.1, 0.15) is 31.8 Å². The van der Waals surface area contributed by atoms with Crippen LogP contribution in [0.5, 0.6) is 0 Å². The summed E-state index contributed by atoms with van der Waals surface area (Å²) >= 11 is 5.92. The molecule has 0 saturated carbocycles. The molecule has 0 aliphatic heterocycles. The van der Waals surface area contributed by atoms with Crippen LogP contribution in [-0.4, -0.2) is 11.8 Å². The molecule has 0 aliphatic rings. The lowest BCUT2D eigenvalue weighted by Gasteiger charge is -2.10. The Bertz CT molecular complexity index is 1020. The second-order valence-corrected chi connectivity index (χ2v) is 6.70. The Balaban J connectivity index is 1.63. The lowest BCUT2D eigenvalue weighted by Crippen LogP contribution is -2.23. The summed E-state index contributed by atoms with van der Waals surface area (Å²) in [6, 6.07) is 17.7. The molecule has 0 aliphatic carbocycles. The lowest BCUT2D eigenvalue weighted by molar-refractivity contribution is 0.0948. The minimum absolute atomic E-state index is 0.0869. The molecular formula is C22H18ClFN2O2. The smallest absolute Gasteiger partial charge is 0.255 e. The predicted octanol–water partition coefficient (Wildman–Crippen LogP) is 4.97. The molecule has 3 aromatic rings. The van der Waals surface area contributed by atoms with Crippen LogP contribution in [-0.2, 0) is 6.54 Å². The first kappa shape index (κ1) is 19.6. The summed E-state index contributed by atoms with van der Waals surface area (Å²) in [6.45, 7) is 1.94. The van der Waals surface area contributed by atoms with Gasteiger partial charge in [-0.25, -0.2) is 4.39 Å². The van der Waals surface area contributed by atoms with Gasteiger partial charge in [0.05, 0.1) is 0 Å². The number of hydrogen-bond donors (Lipinski definition) is 2. The summed E-state index contributed by atoms with van der Waals surface area (Å²) in [5.41, 5.74) is 2.73. The molecule has 0 bridgehead atoms. The van der Waals surface area contributed by atoms with Crippen LogP contribution in [0.2, 0.25) is 5.02 Å². The molecule has 0 fully saturated rings. The van der Waals surface area contributed by atoms with Crippen LogP contribution < -0.4 is 10.6 Å². The Hall–Kier alpha value is -3.18. The van der Waals surface area contributed by atoms with Crippen molar-refractivity contribution in [3.63, 3.8) is 0 Å². The van der Waals surface area contributed by atoms with Gasteiger partial charge in [-0.05, 0) is 61.0 Å². The highest BCUT2D eigenvalue weighted by molar-refractivity contribution is 6.30. The van der Waals surface area contributed by atoms with E-state index in [2.05, 4.69) is 10.6 Å². The maximum atomic E-state index is 13.6. The minimum Gasteiger partial charge on any atom is -0.348 e. The highest BCUT2D eigenvalue weighted by atomic mass is 35.5. The van der Waals surface area contributed by atoms with E-state index in [1.54, 1.807) is 60.7 Å². The molecule has 0 saturated heterocycles. The van der Waals surface area contributed by atoms with Gasteiger partial charge in [-0.15, -0.1) is 0 Å². The predicted molar refractivity (Wildman–Crippen MR) is 108 cm³/mol. The van der Waals surface area contributed by atoms with Crippen LogP contribution in [0.15, 0.2) is 66.7 Å². The number of halogens is 2. The highest BCUT2D eigenvalue weighted by Crippen LogP contribution is 2.20. The van der Waals surface area contributed by atoms with E-state index < -0.39 is 0 Å². The van der Waals surface area contributed by atoms with E-state index in [0.717, 1.165) is 5.56 Å². The van der Waals surface area contributed by atoms with Crippen molar-refractivity contribution in [1.29, 1.82) is 0 Å². The number of carbonyl (C=O) groups is 2. The van der Waals surface area contributed by atoms with Gasteiger partial charge in [-0.1, -0.05) is 29.8 Å². The van der Waals surface area contributed by atoms with E-state index in [1.165, 1.54) is 6.07 Å². The number of anilines is 1. The summed E-state index contributed by atoms with van der Waals surface area (Å²) in [6.07, 6.45) is 0. The standard InChI is InChI=1S/C22H18ClFN2O2/c1-14-12-18(23)10-11-20(14)26-22(28)16-8-6-15(7-9-16)21(27)25-13-17-4-2-3-5-19(17)24/h2-12H,13H2,1H3,(H,25,27)(H,26,28). The van der Waals surface area contributed by atoms with E-state index >= 15 is 0 Å². The molecule has 2 amide bonds. The maximum Gasteiger partial charge on any atom is 0.255 e. The van der Waals surface area contributed by atoms with Crippen molar-refractivity contribution in [2.45, 2.75) is 13.5 Å². The zero-order valence-corrected chi connectivity index (χ0v) is 15.9. The SMILES string of the molecule is Cc1cc(Cl)ccc1NC(=O)c1ccc(C(=O)NCc2ccccc2F)cc1. The summed E-state index contributed by atoms with van der Waals surface area (Å²) in [5.74, 6) is -1.00. The van der Waals surface area contributed by atoms with Gasteiger partial charge < -0.3 is 10.6 Å². The van der Waals surface area contributed by atoms with Crippen LogP contribution in [0.3, 0.4) is 0 Å². The number of rotatable bonds is 5. The Morgan fingerprint density at radius 3 is 2.21 bits per heavy atom. The number of amides is 2. The molecule has 0 heterocycles. The Morgan fingerprint density at radius 2 is 1.57 bits per heavy atom. The van der Waals surface area contributed by atoms with Gasteiger partial charge in [0.25, 0.3) is 11.8 Å². The lowest BCUT2D eigenvalue weighted by atomic mass is 10.1. The van der Waals surface area contributed by atoms with Crippen molar-refractivity contribution in [1.82, 2.24) is 5.32 Å². The van der Waals surface area contributed by atoms with Gasteiger partial charge in [0.2, 0.25) is 0 Å². The number of carbonyl (C=O) groups excluding carboxylic acids is 2. The highest BCUT2D eigenvalue weighted by Gasteiger charge is 2.11. The molecule has 0 atom stereocenters. The van der Waals surface area contributed by atoms with Gasteiger partial charge in [0.1, 0.15) is 5.82 Å². The van der Waals surface area contributed by atoms with Gasteiger partial charge in [0.15, 0.2) is 0 Å². The summed E-state index contributed by atoms with van der Waals surface area (Å²) in [4.78, 5) is 24.6. The first-order valence-corrected chi connectivity index (χ1v) is 9.01. The van der Waals surface area contributed by atoms with E-state index in [0.29, 0.717) is 27.4 Å². The van der Waals surface area contributed by atoms with Crippen LogP contribution >= 0.6 is 11.6 Å². The van der Waals surface area contributed by atoms with Crippen molar-refractivity contribution >= 4 is 29.1 Å². The molecule has 0 aromatic heterocycles. The summed E-state index contributed by atoms with van der Waals surface area (Å²) in [7, 11) is 0. The molecule has 0 radical (unpaired) electrons. The number of benzene rings is 3. The Labute approximate surface area is 167 Å². The maximum absolute atomic E-state index is 13.6. The topological polar surface area (TPSA) is 58.2 Å². The van der Waals surface area contributed by atoms with E-state index in [4.69, 9.17) is 11.6 Å². The third-order valence-corrected chi connectivity index (χ3v) is 4.48. The molecule has 28 heavy (non-hydrogen) atoms. The van der Waals surface area contributed by atoms with Crippen molar-refractivity contribution in [3.05, 3.63) is 99.8 Å². The van der Waals surface area contributed by atoms with Crippen molar-refractivity contribution in [2.75, 3.05) is 5.32 Å². The van der Waals surface area contributed by atoms with Crippen molar-refractivity contribution < 1.29 is 14.0 Å². The van der Waals surface area contributed by atoms with Crippen molar-refractivity contribution in [3.8, 4) is 0 Å². The average molecular weight is 397 g/mol. The van der Waals surface area contributed by atoms with Gasteiger partial charge in [-0.2, -0.15) is 0 Å². The van der Waals surface area contributed by atoms with Crippen LogP contribution in [0, 0.1) is 12.7 Å². The van der Waals surface area contributed by atoms with E-state index in [1.807, 2.05) is 6.92 Å². The first-order chi connectivity index (χ1) is 13.4. The minimum atomic E-state index is -0.368. The molecule has 3 rings (SSSR count). The largest absolute Gasteiger partial charge is 0.348 e. The van der Waals surface area contributed by atoms with Gasteiger partial charge in [-0.3, -0.25) is 9.59 Å². The molecule has 4 nitrogen and oxygen atoms in total. The molecule has 2 N–H and O–H groups in total. The quantitative estimate of drug-likeness (QED) is 0.639. The third-order valence-electron chi connectivity index (χ3n) is 4.24. The molecule has 3 aromatic carbocycles. The fourth-order valence-corrected chi connectivity index (χ4v) is 2.88. The second-order valence-electron chi connectivity index (χ2n) is 6.26. The van der Waals surface area contributed by atoms with Crippen LogP contribution in [0.25, 0.3) is 0 Å². The van der Waals surface area contributed by atoms with E-state index in [9.17, 15) is 14.0 Å². The fraction of sp³-hybridized carbons (Fsp3) is 0.0909. The zero-order chi connectivity index (χ0) is 20.1. The zero-order valence-electron chi connectivity index (χ0n) is 15.1. The average Bonchev–Trinajstić information content (AvgIpc) is 2.69. The Morgan fingerprint density at radius 1 is 0.929 bits per heavy atom. The molecule has 0 unspecified atom stereocenters. The fourth-order valence-electron chi connectivity index (χ4n) is 2.65. The third kappa shape index (κ3) is 4.75. The van der Waals surface area contributed by atoms with Crippen molar-refractivity contribution in [2.24, 2.45) is 0 Å². The van der Waals surface area contributed by atoms with Gasteiger partial charge in [0, 0.05) is 33.9 Å². The van der Waals surface area contributed by atoms with Gasteiger partial charge >= 0.3 is 0 Å². The number of nitrogens with one attached hydrogen (secondary N) is 2. The normalized spacial score (nSPS) is 10.4. The number of hydrogen-bond acceptors (Lipinski definition) is 2. The monoisotopic (exact) mass is 396 g/mol. The summed E-state index contributed by atoms with van der Waals surface area (Å²) < 4.78 is 13.6. The van der Waals surface area contributed by atoms with E-state index in [-0.39, 0.29) is 24.2 Å². The molecular weight excluding hydrogens is 379 g/mol.